The zero-order valence-corrected chi connectivity index (χ0v) is 10.1. The van der Waals surface area contributed by atoms with Crippen molar-refractivity contribution in [1.29, 1.82) is 0 Å². The van der Waals surface area contributed by atoms with Crippen molar-refractivity contribution in [3.05, 3.63) is 59.2 Å². The van der Waals surface area contributed by atoms with E-state index in [1.807, 2.05) is 0 Å². The molecular weight excluding hydrogens is 252 g/mol. The number of nitrogens with one attached hydrogen (secondary N) is 1. The van der Waals surface area contributed by atoms with Crippen LogP contribution < -0.4 is 5.32 Å². The topological polar surface area (TPSA) is 49.3 Å². The number of rotatable bonds is 3. The summed E-state index contributed by atoms with van der Waals surface area (Å²) in [7, 11) is 0. The van der Waals surface area contributed by atoms with Gasteiger partial charge in [-0.05, 0) is 48.9 Å². The van der Waals surface area contributed by atoms with Gasteiger partial charge in [0.15, 0.2) is 0 Å². The number of hydrogen-bond donors (Lipinski definition) is 2. The molecule has 2 aromatic rings. The summed E-state index contributed by atoms with van der Waals surface area (Å²) >= 11 is 0. The van der Waals surface area contributed by atoms with E-state index in [0.29, 0.717) is 11.3 Å². The van der Waals surface area contributed by atoms with Crippen molar-refractivity contribution in [2.24, 2.45) is 0 Å². The first-order valence-electron chi connectivity index (χ1n) is 5.53. The second-order valence-corrected chi connectivity index (χ2v) is 4.08. The first kappa shape index (κ1) is 13.0. The third-order valence-corrected chi connectivity index (χ3v) is 2.65. The fraction of sp³-hybridized carbons (Fsp3) is 0.0714. The Morgan fingerprint density at radius 2 is 1.89 bits per heavy atom. The second kappa shape index (κ2) is 5.06. The lowest BCUT2D eigenvalue weighted by molar-refractivity contribution is 0.0697. The van der Waals surface area contributed by atoms with Gasteiger partial charge in [-0.2, -0.15) is 0 Å². The van der Waals surface area contributed by atoms with Crippen molar-refractivity contribution >= 4 is 17.3 Å². The average Bonchev–Trinajstić information content (AvgIpc) is 2.36. The van der Waals surface area contributed by atoms with E-state index in [1.54, 1.807) is 13.0 Å². The minimum atomic E-state index is -1.24. The lowest BCUT2D eigenvalue weighted by Crippen LogP contribution is -2.03. The van der Waals surface area contributed by atoms with Crippen LogP contribution in [0.25, 0.3) is 0 Å². The lowest BCUT2D eigenvalue weighted by atomic mass is 10.1. The Balaban J connectivity index is 2.37. The Morgan fingerprint density at radius 3 is 2.53 bits per heavy atom. The maximum Gasteiger partial charge on any atom is 0.337 e. The average molecular weight is 263 g/mol. The fourth-order valence-corrected chi connectivity index (χ4v) is 1.68. The van der Waals surface area contributed by atoms with Gasteiger partial charge in [0.05, 0.1) is 11.3 Å². The Bertz CT molecular complexity index is 641. The molecule has 0 aliphatic rings. The van der Waals surface area contributed by atoms with Crippen LogP contribution in [-0.4, -0.2) is 11.1 Å². The van der Waals surface area contributed by atoms with E-state index in [9.17, 15) is 13.6 Å². The molecule has 0 saturated heterocycles. The largest absolute Gasteiger partial charge is 0.478 e. The summed E-state index contributed by atoms with van der Waals surface area (Å²) in [6.07, 6.45) is 0. The Labute approximate surface area is 108 Å². The van der Waals surface area contributed by atoms with Gasteiger partial charge in [-0.1, -0.05) is 0 Å². The van der Waals surface area contributed by atoms with Crippen molar-refractivity contribution in [3.63, 3.8) is 0 Å². The summed E-state index contributed by atoms with van der Waals surface area (Å²) in [4.78, 5) is 11.0. The molecule has 0 saturated carbocycles. The quantitative estimate of drug-likeness (QED) is 0.887. The number of aromatic carboxylic acids is 1. The summed E-state index contributed by atoms with van der Waals surface area (Å²) in [5.74, 6) is -2.21. The highest BCUT2D eigenvalue weighted by atomic mass is 19.1. The number of anilines is 2. The summed E-state index contributed by atoms with van der Waals surface area (Å²) < 4.78 is 26.1. The second-order valence-electron chi connectivity index (χ2n) is 4.08. The van der Waals surface area contributed by atoms with E-state index >= 15 is 0 Å². The van der Waals surface area contributed by atoms with Crippen molar-refractivity contribution < 1.29 is 18.7 Å². The van der Waals surface area contributed by atoms with Crippen molar-refractivity contribution in [2.45, 2.75) is 6.92 Å². The number of carboxylic acids is 1. The van der Waals surface area contributed by atoms with E-state index < -0.39 is 11.8 Å². The van der Waals surface area contributed by atoms with Crippen LogP contribution in [0.2, 0.25) is 0 Å². The van der Waals surface area contributed by atoms with E-state index in [-0.39, 0.29) is 17.1 Å². The molecule has 2 aromatic carbocycles. The number of carboxylic acid groups (broad SMARTS) is 1. The molecule has 0 aliphatic carbocycles. The number of carbonyl (C=O) groups is 1. The Kier molecular flexibility index (Phi) is 3.46. The predicted molar refractivity (Wildman–Crippen MR) is 67.8 cm³/mol. The standard InChI is InChI=1S/C14H11F2NO2/c1-8-6-10(3-4-12(8)16)17-13-5-2-9(15)7-11(13)14(18)19/h2-7,17H,1H3,(H,18,19). The van der Waals surface area contributed by atoms with Gasteiger partial charge in [0, 0.05) is 5.69 Å². The Hall–Kier alpha value is -2.43. The van der Waals surface area contributed by atoms with Crippen molar-refractivity contribution in [1.82, 2.24) is 0 Å². The summed E-state index contributed by atoms with van der Waals surface area (Å²) in [5.41, 5.74) is 1.04. The monoisotopic (exact) mass is 263 g/mol. The maximum absolute atomic E-state index is 13.1. The van der Waals surface area contributed by atoms with E-state index in [4.69, 9.17) is 5.11 Å². The molecule has 0 amide bonds. The molecule has 0 radical (unpaired) electrons. The van der Waals surface area contributed by atoms with Crippen LogP contribution in [-0.2, 0) is 0 Å². The molecule has 0 fully saturated rings. The van der Waals surface area contributed by atoms with Gasteiger partial charge in [0.25, 0.3) is 0 Å². The third-order valence-electron chi connectivity index (χ3n) is 2.65. The molecule has 2 N–H and O–H groups in total. The minimum Gasteiger partial charge on any atom is -0.478 e. The highest BCUT2D eigenvalue weighted by molar-refractivity contribution is 5.95. The molecule has 3 nitrogen and oxygen atoms in total. The van der Waals surface area contributed by atoms with E-state index in [0.717, 1.165) is 12.1 Å². The Morgan fingerprint density at radius 1 is 1.16 bits per heavy atom. The van der Waals surface area contributed by atoms with Gasteiger partial charge < -0.3 is 10.4 Å². The number of aryl methyl sites for hydroxylation is 1. The van der Waals surface area contributed by atoms with Crippen LogP contribution in [0, 0.1) is 18.6 Å². The molecule has 0 unspecified atom stereocenters. The highest BCUT2D eigenvalue weighted by Gasteiger charge is 2.11. The van der Waals surface area contributed by atoms with Crippen LogP contribution in [0.5, 0.6) is 0 Å². The van der Waals surface area contributed by atoms with E-state index in [2.05, 4.69) is 5.32 Å². The van der Waals surface area contributed by atoms with Crippen LogP contribution in [0.3, 0.4) is 0 Å². The number of halogens is 2. The molecule has 2 rings (SSSR count). The maximum atomic E-state index is 13.1. The number of hydrogen-bond acceptors (Lipinski definition) is 2. The molecule has 0 spiro atoms. The first-order valence-corrected chi connectivity index (χ1v) is 5.53. The highest BCUT2D eigenvalue weighted by Crippen LogP contribution is 2.23. The normalized spacial score (nSPS) is 10.3. The molecule has 0 atom stereocenters. The summed E-state index contributed by atoms with van der Waals surface area (Å²) in [6.45, 7) is 1.60. The molecule has 0 heterocycles. The van der Waals surface area contributed by atoms with E-state index in [1.165, 1.54) is 18.2 Å². The minimum absolute atomic E-state index is 0.179. The third kappa shape index (κ3) is 2.88. The summed E-state index contributed by atoms with van der Waals surface area (Å²) in [5, 5.41) is 11.8. The molecule has 19 heavy (non-hydrogen) atoms. The van der Waals surface area contributed by atoms with Crippen LogP contribution in [0.1, 0.15) is 15.9 Å². The van der Waals surface area contributed by atoms with Gasteiger partial charge in [-0.3, -0.25) is 0 Å². The van der Waals surface area contributed by atoms with Gasteiger partial charge in [-0.15, -0.1) is 0 Å². The van der Waals surface area contributed by atoms with Crippen LogP contribution >= 0.6 is 0 Å². The molecular formula is C14H11F2NO2. The van der Waals surface area contributed by atoms with Gasteiger partial charge in [0.2, 0.25) is 0 Å². The fourth-order valence-electron chi connectivity index (χ4n) is 1.68. The molecule has 0 aromatic heterocycles. The molecule has 0 bridgehead atoms. The SMILES string of the molecule is Cc1cc(Nc2ccc(F)cc2C(=O)O)ccc1F. The van der Waals surface area contributed by atoms with Crippen molar-refractivity contribution in [2.75, 3.05) is 5.32 Å². The van der Waals surface area contributed by atoms with Crippen LogP contribution in [0.15, 0.2) is 36.4 Å². The molecule has 0 aliphatic heterocycles. The zero-order valence-electron chi connectivity index (χ0n) is 10.1. The summed E-state index contributed by atoms with van der Waals surface area (Å²) in [6, 6.07) is 7.73. The zero-order chi connectivity index (χ0) is 14.0. The van der Waals surface area contributed by atoms with Crippen molar-refractivity contribution in [3.8, 4) is 0 Å². The van der Waals surface area contributed by atoms with Crippen LogP contribution in [0.4, 0.5) is 20.2 Å². The number of benzene rings is 2. The van der Waals surface area contributed by atoms with Gasteiger partial charge in [-0.25, -0.2) is 13.6 Å². The molecule has 98 valence electrons. The smallest absolute Gasteiger partial charge is 0.337 e. The predicted octanol–water partition coefficient (Wildman–Crippen LogP) is 3.72. The molecule has 5 heteroatoms. The lowest BCUT2D eigenvalue weighted by Gasteiger charge is -2.10. The first-order chi connectivity index (χ1) is 8.97. The van der Waals surface area contributed by atoms with Gasteiger partial charge >= 0.3 is 5.97 Å². The van der Waals surface area contributed by atoms with Gasteiger partial charge in [0.1, 0.15) is 11.6 Å².